The van der Waals surface area contributed by atoms with E-state index in [2.05, 4.69) is 11.8 Å². The maximum Gasteiger partial charge on any atom is 0.185 e. The van der Waals surface area contributed by atoms with Gasteiger partial charge in [-0.1, -0.05) is 12.1 Å². The number of allylic oxidation sites excluding steroid dienone is 1. The minimum absolute atomic E-state index is 0.241. The minimum Gasteiger partial charge on any atom is -0.493 e. The quantitative estimate of drug-likeness (QED) is 0.534. The lowest BCUT2D eigenvalue weighted by Gasteiger charge is -2.33. The van der Waals surface area contributed by atoms with E-state index in [0.29, 0.717) is 29.4 Å². The van der Waals surface area contributed by atoms with Gasteiger partial charge < -0.3 is 19.3 Å². The summed E-state index contributed by atoms with van der Waals surface area (Å²) in [5.41, 5.74) is 1.71. The normalized spacial score (nSPS) is 14.9. The highest BCUT2D eigenvalue weighted by atomic mass is 19.1. The van der Waals surface area contributed by atoms with E-state index in [1.807, 2.05) is 19.1 Å². The summed E-state index contributed by atoms with van der Waals surface area (Å²) < 4.78 is 25.5. The van der Waals surface area contributed by atoms with Gasteiger partial charge in [0.1, 0.15) is 5.82 Å². The molecule has 0 radical (unpaired) electrons. The lowest BCUT2D eigenvalue weighted by Crippen LogP contribution is -3.14. The lowest BCUT2D eigenvalue weighted by molar-refractivity contribution is -0.898. The second kappa shape index (κ2) is 10.3. The van der Waals surface area contributed by atoms with E-state index < -0.39 is 0 Å². The van der Waals surface area contributed by atoms with E-state index in [-0.39, 0.29) is 11.6 Å². The molecular formula is C24H30FN2O3+. The van der Waals surface area contributed by atoms with Crippen molar-refractivity contribution in [2.45, 2.75) is 13.8 Å². The third-order valence-electron chi connectivity index (χ3n) is 5.46. The average molecular weight is 414 g/mol. The Balaban J connectivity index is 1.70. The van der Waals surface area contributed by atoms with Crippen molar-refractivity contribution >= 4 is 17.5 Å². The molecule has 0 aromatic heterocycles. The number of quaternary nitrogens is 1. The monoisotopic (exact) mass is 413 g/mol. The van der Waals surface area contributed by atoms with Crippen molar-refractivity contribution in [2.75, 3.05) is 51.3 Å². The molecule has 2 aromatic carbocycles. The number of anilines is 1. The summed E-state index contributed by atoms with van der Waals surface area (Å²) in [7, 11) is 1.58. The molecule has 0 bridgehead atoms. The molecular weight excluding hydrogens is 383 g/mol. The third kappa shape index (κ3) is 5.19. The molecule has 0 amide bonds. The van der Waals surface area contributed by atoms with Crippen LogP contribution in [0.3, 0.4) is 0 Å². The molecule has 5 nitrogen and oxygen atoms in total. The van der Waals surface area contributed by atoms with Crippen LogP contribution in [0.1, 0.15) is 29.8 Å². The van der Waals surface area contributed by atoms with Crippen LogP contribution in [-0.2, 0) is 0 Å². The predicted octanol–water partition coefficient (Wildman–Crippen LogP) is 2.85. The van der Waals surface area contributed by atoms with Crippen LogP contribution in [0.25, 0.3) is 6.08 Å². The second-order valence-corrected chi connectivity index (χ2v) is 7.30. The van der Waals surface area contributed by atoms with Crippen LogP contribution in [0, 0.1) is 5.82 Å². The standard InChI is InChI=1S/C24H29FN2O3/c1-4-26-12-14-27(15-13-26)21-9-8-19(17-20(21)25)22(28)10-6-18-7-11-23(29-3)24(16-18)30-5-2/h6-11,16-17H,4-5,12-15H2,1-3H3/p+1/b10-6+. The number of rotatable bonds is 8. The Morgan fingerprint density at radius 1 is 1.13 bits per heavy atom. The Morgan fingerprint density at radius 3 is 2.53 bits per heavy atom. The highest BCUT2D eigenvalue weighted by Crippen LogP contribution is 2.28. The van der Waals surface area contributed by atoms with Crippen LogP contribution in [0.5, 0.6) is 11.5 Å². The Labute approximate surface area is 177 Å². The number of carbonyl (C=O) groups excluding carboxylic acids is 1. The molecule has 2 aromatic rings. The minimum atomic E-state index is -0.350. The zero-order valence-corrected chi connectivity index (χ0v) is 17.9. The summed E-state index contributed by atoms with van der Waals surface area (Å²) in [6, 6.07) is 10.2. The fourth-order valence-electron chi connectivity index (χ4n) is 3.67. The number of hydrogen-bond donors (Lipinski definition) is 1. The van der Waals surface area contributed by atoms with Crippen molar-refractivity contribution in [3.8, 4) is 11.5 Å². The number of hydrogen-bond acceptors (Lipinski definition) is 4. The van der Waals surface area contributed by atoms with E-state index >= 15 is 0 Å². The molecule has 0 spiro atoms. The molecule has 6 heteroatoms. The number of nitrogens with zero attached hydrogens (tertiary/aromatic N) is 1. The van der Waals surface area contributed by atoms with E-state index in [0.717, 1.165) is 38.3 Å². The molecule has 1 aliphatic heterocycles. The van der Waals surface area contributed by atoms with Crippen molar-refractivity contribution in [2.24, 2.45) is 0 Å². The van der Waals surface area contributed by atoms with Crippen molar-refractivity contribution in [1.82, 2.24) is 0 Å². The predicted molar refractivity (Wildman–Crippen MR) is 117 cm³/mol. The number of halogens is 1. The van der Waals surface area contributed by atoms with Gasteiger partial charge in [0.15, 0.2) is 17.3 Å². The van der Waals surface area contributed by atoms with Crippen LogP contribution in [-0.4, -0.2) is 52.2 Å². The first-order chi connectivity index (χ1) is 14.5. The van der Waals surface area contributed by atoms with Crippen molar-refractivity contribution < 1.29 is 23.6 Å². The molecule has 0 unspecified atom stereocenters. The van der Waals surface area contributed by atoms with Crippen molar-refractivity contribution in [3.63, 3.8) is 0 Å². The van der Waals surface area contributed by atoms with Crippen LogP contribution in [0.15, 0.2) is 42.5 Å². The maximum absolute atomic E-state index is 14.7. The molecule has 30 heavy (non-hydrogen) atoms. The van der Waals surface area contributed by atoms with Gasteiger partial charge in [-0.05, 0) is 55.8 Å². The van der Waals surface area contributed by atoms with Gasteiger partial charge in [-0.15, -0.1) is 0 Å². The number of likely N-dealkylation sites (N-methyl/N-ethyl adjacent to an activating group) is 1. The van der Waals surface area contributed by atoms with Crippen molar-refractivity contribution in [1.29, 1.82) is 0 Å². The SMILES string of the molecule is CCOc1cc(/C=C/C(=O)c2ccc(N3CC[NH+](CC)CC3)c(F)c2)ccc1OC. The number of benzene rings is 2. The van der Waals surface area contributed by atoms with Crippen molar-refractivity contribution in [3.05, 3.63) is 59.4 Å². The zero-order valence-electron chi connectivity index (χ0n) is 17.9. The van der Waals surface area contributed by atoms with Gasteiger partial charge in [0.05, 0.1) is 52.1 Å². The number of nitrogens with one attached hydrogen (secondary N) is 1. The average Bonchev–Trinajstić information content (AvgIpc) is 2.78. The molecule has 1 saturated heterocycles. The molecule has 160 valence electrons. The van der Waals surface area contributed by atoms with E-state index in [4.69, 9.17) is 9.47 Å². The number of piperazine rings is 1. The summed E-state index contributed by atoms with van der Waals surface area (Å²) in [5.74, 6) is 0.668. The number of ether oxygens (including phenoxy) is 2. The van der Waals surface area contributed by atoms with Crippen LogP contribution < -0.4 is 19.3 Å². The van der Waals surface area contributed by atoms with Gasteiger partial charge >= 0.3 is 0 Å². The lowest BCUT2D eigenvalue weighted by atomic mass is 10.1. The first-order valence-corrected chi connectivity index (χ1v) is 10.5. The van der Waals surface area contributed by atoms with Crippen LogP contribution in [0.2, 0.25) is 0 Å². The molecule has 1 aliphatic rings. The Hall–Kier alpha value is -2.86. The Kier molecular flexibility index (Phi) is 7.46. The van der Waals surface area contributed by atoms with E-state index in [9.17, 15) is 9.18 Å². The fourth-order valence-corrected chi connectivity index (χ4v) is 3.67. The smallest absolute Gasteiger partial charge is 0.185 e. The summed E-state index contributed by atoms with van der Waals surface area (Å²) >= 11 is 0. The molecule has 1 heterocycles. The Bertz CT molecular complexity index is 905. The van der Waals surface area contributed by atoms with Gasteiger partial charge in [0.25, 0.3) is 0 Å². The van der Waals surface area contributed by atoms with Gasteiger partial charge in [-0.2, -0.15) is 0 Å². The van der Waals surface area contributed by atoms with E-state index in [1.165, 1.54) is 17.0 Å². The van der Waals surface area contributed by atoms with E-state index in [1.54, 1.807) is 31.4 Å². The molecule has 0 saturated carbocycles. The largest absolute Gasteiger partial charge is 0.493 e. The summed E-state index contributed by atoms with van der Waals surface area (Å²) in [6.07, 6.45) is 3.15. The fraction of sp³-hybridized carbons (Fsp3) is 0.375. The van der Waals surface area contributed by atoms with Gasteiger partial charge in [0, 0.05) is 5.56 Å². The third-order valence-corrected chi connectivity index (χ3v) is 5.46. The molecule has 3 rings (SSSR count). The summed E-state index contributed by atoms with van der Waals surface area (Å²) in [6.45, 7) is 9.34. The number of carbonyl (C=O) groups is 1. The first kappa shape index (κ1) is 21.8. The maximum atomic E-state index is 14.7. The molecule has 0 aliphatic carbocycles. The number of methoxy groups -OCH3 is 1. The summed E-state index contributed by atoms with van der Waals surface area (Å²) in [5, 5.41) is 0. The molecule has 1 N–H and O–H groups in total. The molecule has 1 fully saturated rings. The summed E-state index contributed by atoms with van der Waals surface area (Å²) in [4.78, 5) is 16.1. The highest BCUT2D eigenvalue weighted by molar-refractivity contribution is 6.07. The zero-order chi connectivity index (χ0) is 21.5. The second-order valence-electron chi connectivity index (χ2n) is 7.30. The van der Waals surface area contributed by atoms with Gasteiger partial charge in [-0.25, -0.2) is 4.39 Å². The van der Waals surface area contributed by atoms with Gasteiger partial charge in [-0.3, -0.25) is 4.79 Å². The highest BCUT2D eigenvalue weighted by Gasteiger charge is 2.21. The van der Waals surface area contributed by atoms with Crippen LogP contribution >= 0.6 is 0 Å². The first-order valence-electron chi connectivity index (χ1n) is 10.5. The topological polar surface area (TPSA) is 43.2 Å². The Morgan fingerprint density at radius 2 is 1.90 bits per heavy atom. The van der Waals surface area contributed by atoms with Gasteiger partial charge in [0.2, 0.25) is 0 Å². The molecule has 0 atom stereocenters. The number of ketones is 1. The van der Waals surface area contributed by atoms with Crippen LogP contribution in [0.4, 0.5) is 10.1 Å².